The number of nitrogens with zero attached hydrogens (tertiary/aromatic N) is 5. The van der Waals surface area contributed by atoms with Crippen molar-refractivity contribution in [2.75, 3.05) is 0 Å². The highest BCUT2D eigenvalue weighted by Gasteiger charge is 2.36. The Morgan fingerprint density at radius 1 is 1.16 bits per heavy atom. The van der Waals surface area contributed by atoms with Gasteiger partial charge in [-0.15, -0.1) is 13.2 Å². The number of hydrogen-bond acceptors (Lipinski definition) is 4. The van der Waals surface area contributed by atoms with Crippen LogP contribution in [-0.4, -0.2) is 35.4 Å². The van der Waals surface area contributed by atoms with Crippen LogP contribution in [0.5, 0.6) is 0 Å². The van der Waals surface area contributed by atoms with E-state index in [-0.39, 0.29) is 37.7 Å². The number of rotatable bonds is 3. The summed E-state index contributed by atoms with van der Waals surface area (Å²) in [7, 11) is 0. The molecule has 4 rings (SSSR count). The van der Waals surface area contributed by atoms with E-state index in [1.807, 2.05) is 0 Å². The Labute approximate surface area is 181 Å². The van der Waals surface area contributed by atoms with Gasteiger partial charge in [0.15, 0.2) is 5.82 Å². The molecule has 0 bridgehead atoms. The Bertz CT molecular complexity index is 1370. The molecule has 0 unspecified atom stereocenters. The molecule has 0 radical (unpaired) electrons. The fraction of sp³-hybridized carbons (Fsp3) is 0.0526. The highest BCUT2D eigenvalue weighted by molar-refractivity contribution is 6.30. The number of halogens is 5. The van der Waals surface area contributed by atoms with Crippen LogP contribution in [-0.2, 0) is 6.30 Å². The molecule has 4 aromatic rings. The summed E-state index contributed by atoms with van der Waals surface area (Å²) < 4.78 is 54.5. The van der Waals surface area contributed by atoms with Crippen molar-refractivity contribution in [2.24, 2.45) is 4.99 Å². The minimum absolute atomic E-state index is 0.0307. The molecular weight excluding hydrogens is 456 g/mol. The first-order valence-corrected chi connectivity index (χ1v) is 9.13. The molecule has 0 aliphatic heterocycles. The molecule has 0 saturated carbocycles. The van der Waals surface area contributed by atoms with E-state index in [0.717, 1.165) is 24.5 Å². The van der Waals surface area contributed by atoms with Crippen molar-refractivity contribution in [3.63, 3.8) is 0 Å². The number of carbonyl (C=O) groups excluding carboxylic acids is 1. The lowest BCUT2D eigenvalue weighted by molar-refractivity contribution is -0.202. The highest BCUT2D eigenvalue weighted by Crippen LogP contribution is 2.35. The summed E-state index contributed by atoms with van der Waals surface area (Å²) in [6.45, 7) is 0. The van der Waals surface area contributed by atoms with Crippen molar-refractivity contribution in [3.8, 4) is 22.8 Å². The van der Waals surface area contributed by atoms with Crippen LogP contribution in [0.3, 0.4) is 0 Å². The van der Waals surface area contributed by atoms with Crippen LogP contribution in [0.25, 0.3) is 22.8 Å². The second-order valence-corrected chi connectivity index (χ2v) is 6.81. The van der Waals surface area contributed by atoms with Crippen molar-refractivity contribution in [1.29, 1.82) is 0 Å². The second-order valence-electron chi connectivity index (χ2n) is 6.41. The molecule has 0 aliphatic rings. The van der Waals surface area contributed by atoms with Gasteiger partial charge in [-0.25, -0.2) is 28.6 Å². The first kappa shape index (κ1) is 21.3. The Morgan fingerprint density at radius 2 is 1.88 bits per heavy atom. The maximum absolute atomic E-state index is 13.6. The average Bonchev–Trinajstić information content (AvgIpc) is 3.37. The zero-order valence-electron chi connectivity index (χ0n) is 15.7. The van der Waals surface area contributed by atoms with Gasteiger partial charge in [0, 0.05) is 11.8 Å². The van der Waals surface area contributed by atoms with E-state index in [2.05, 4.69) is 19.9 Å². The van der Waals surface area contributed by atoms with E-state index in [4.69, 9.17) is 11.6 Å². The molecule has 0 saturated heterocycles. The molecule has 3 heterocycles. The summed E-state index contributed by atoms with van der Waals surface area (Å²) in [5, 5.41) is 9.30. The number of imidazole rings is 2. The van der Waals surface area contributed by atoms with Gasteiger partial charge in [0.25, 0.3) is 5.91 Å². The number of aromatic amines is 1. The number of H-pyrrole nitrogens is 1. The van der Waals surface area contributed by atoms with E-state index in [9.17, 15) is 27.6 Å². The molecule has 3 aromatic heterocycles. The minimum Gasteiger partial charge on any atom is -0.429 e. The van der Waals surface area contributed by atoms with E-state index >= 15 is 0 Å². The second kappa shape index (κ2) is 7.96. The molecule has 0 atom stereocenters. The predicted octanol–water partition coefficient (Wildman–Crippen LogP) is 3.99. The molecular formula is C19H11ClF4N6O2. The summed E-state index contributed by atoms with van der Waals surface area (Å²) in [5.74, 6) is -1.72. The topological polar surface area (TPSA) is 101 Å². The number of hydrogen-bond donors (Lipinski definition) is 2. The van der Waals surface area contributed by atoms with Crippen LogP contribution in [0.1, 0.15) is 10.5 Å². The normalized spacial score (nSPS) is 12.3. The maximum atomic E-state index is 13.6. The lowest BCUT2D eigenvalue weighted by Gasteiger charge is -2.11. The maximum Gasteiger partial charge on any atom is 0.490 e. The molecule has 1 amide bonds. The largest absolute Gasteiger partial charge is 0.490 e. The van der Waals surface area contributed by atoms with Gasteiger partial charge >= 0.3 is 6.30 Å². The van der Waals surface area contributed by atoms with Gasteiger partial charge in [0.05, 0.1) is 28.5 Å². The first-order valence-electron chi connectivity index (χ1n) is 8.75. The van der Waals surface area contributed by atoms with Crippen LogP contribution in [0.15, 0.2) is 60.2 Å². The standard InChI is InChI=1S/C19H11ClF4N6O2/c20-12-8-29(32)6-5-13(12)28-18(31)14-7-25-17(27-14)16-15(10-1-3-11(21)4-2-10)26-9-30(16)19(22,23)24/h1-9,32H,(H,25,27). The summed E-state index contributed by atoms with van der Waals surface area (Å²) >= 11 is 5.90. The van der Waals surface area contributed by atoms with Crippen LogP contribution >= 0.6 is 11.6 Å². The summed E-state index contributed by atoms with van der Waals surface area (Å²) in [4.78, 5) is 26.4. The average molecular weight is 467 g/mol. The summed E-state index contributed by atoms with van der Waals surface area (Å²) in [5.41, 5.74) is -0.586. The van der Waals surface area contributed by atoms with Crippen molar-refractivity contribution >= 4 is 17.5 Å². The lowest BCUT2D eigenvalue weighted by atomic mass is 10.1. The number of alkyl halides is 3. The molecule has 8 nitrogen and oxygen atoms in total. The van der Waals surface area contributed by atoms with E-state index in [1.165, 1.54) is 24.4 Å². The highest BCUT2D eigenvalue weighted by atomic mass is 35.5. The molecule has 0 spiro atoms. The summed E-state index contributed by atoms with van der Waals surface area (Å²) in [6, 6.07) is 5.99. The van der Waals surface area contributed by atoms with E-state index in [0.29, 0.717) is 11.1 Å². The fourth-order valence-corrected chi connectivity index (χ4v) is 3.05. The SMILES string of the molecule is O=C(N=c1ccn(O)cc1Cl)c1cnc(-c2c(-c3ccc(F)cc3)ncn2C(F)(F)F)[nH]1. The monoisotopic (exact) mass is 466 g/mol. The third kappa shape index (κ3) is 4.12. The van der Waals surface area contributed by atoms with Crippen LogP contribution in [0.2, 0.25) is 5.02 Å². The number of aromatic nitrogens is 5. The summed E-state index contributed by atoms with van der Waals surface area (Å²) in [6.07, 6.45) is -0.960. The van der Waals surface area contributed by atoms with Crippen molar-refractivity contribution in [2.45, 2.75) is 6.30 Å². The number of benzene rings is 1. The van der Waals surface area contributed by atoms with Crippen molar-refractivity contribution in [3.05, 3.63) is 77.1 Å². The third-order valence-corrected chi connectivity index (χ3v) is 4.58. The molecule has 0 fully saturated rings. The van der Waals surface area contributed by atoms with Gasteiger partial charge in [-0.05, 0) is 30.3 Å². The Balaban J connectivity index is 1.79. The quantitative estimate of drug-likeness (QED) is 0.352. The number of nitrogens with one attached hydrogen (secondary N) is 1. The predicted molar refractivity (Wildman–Crippen MR) is 103 cm³/mol. The third-order valence-electron chi connectivity index (χ3n) is 4.29. The zero-order valence-corrected chi connectivity index (χ0v) is 16.4. The van der Waals surface area contributed by atoms with Gasteiger partial charge < -0.3 is 10.2 Å². The van der Waals surface area contributed by atoms with E-state index < -0.39 is 23.7 Å². The fourth-order valence-electron chi connectivity index (χ4n) is 2.85. The van der Waals surface area contributed by atoms with Crippen molar-refractivity contribution in [1.82, 2.24) is 24.2 Å². The van der Waals surface area contributed by atoms with Gasteiger partial charge in [-0.1, -0.05) is 11.6 Å². The molecule has 0 aliphatic carbocycles. The smallest absolute Gasteiger partial charge is 0.429 e. The minimum atomic E-state index is -4.83. The zero-order chi connectivity index (χ0) is 23.0. The van der Waals surface area contributed by atoms with Gasteiger partial charge in [-0.2, -0.15) is 0 Å². The first-order chi connectivity index (χ1) is 15.1. The Hall–Kier alpha value is -3.93. The molecule has 164 valence electrons. The molecule has 2 N–H and O–H groups in total. The number of pyridine rings is 1. The number of amides is 1. The Kier molecular flexibility index (Phi) is 5.30. The Morgan fingerprint density at radius 3 is 2.53 bits per heavy atom. The molecule has 32 heavy (non-hydrogen) atoms. The van der Waals surface area contributed by atoms with Crippen LogP contribution in [0, 0.1) is 5.82 Å². The molecule has 1 aromatic carbocycles. The van der Waals surface area contributed by atoms with Crippen LogP contribution in [0.4, 0.5) is 17.6 Å². The van der Waals surface area contributed by atoms with Crippen LogP contribution < -0.4 is 5.36 Å². The van der Waals surface area contributed by atoms with Gasteiger partial charge in [0.2, 0.25) is 0 Å². The molecule has 13 heteroatoms. The van der Waals surface area contributed by atoms with Gasteiger partial charge in [-0.3, -0.25) is 4.79 Å². The lowest BCUT2D eigenvalue weighted by Crippen LogP contribution is -2.17. The van der Waals surface area contributed by atoms with E-state index in [1.54, 1.807) is 0 Å². The van der Waals surface area contributed by atoms with Gasteiger partial charge in [0.1, 0.15) is 23.5 Å². The number of carbonyl (C=O) groups is 1. The van der Waals surface area contributed by atoms with Crippen molar-refractivity contribution < 1.29 is 27.6 Å².